The van der Waals surface area contributed by atoms with Crippen LogP contribution in [0, 0.1) is 11.3 Å². The molecule has 1 aromatic rings. The second-order valence-electron chi connectivity index (χ2n) is 3.05. The molecule has 0 saturated carbocycles. The number of nitrogens with zero attached hydrogens (tertiary/aromatic N) is 1. The fourth-order valence-electron chi connectivity index (χ4n) is 1.37. The number of nitriles is 1. The molecule has 1 aromatic carbocycles. The van der Waals surface area contributed by atoms with Crippen LogP contribution in [0.1, 0.15) is 16.8 Å². The minimum Gasteiger partial charge on any atom is -0.454 e. The molecule has 5 nitrogen and oxygen atoms in total. The van der Waals surface area contributed by atoms with Gasteiger partial charge in [0.15, 0.2) is 17.3 Å². The largest absolute Gasteiger partial charge is 0.454 e. The monoisotopic (exact) mass is 204 g/mol. The molecule has 0 bridgehead atoms. The molecule has 76 valence electrons. The Balaban J connectivity index is 2.41. The standard InChI is InChI=1S/C10H8N2O3/c11-2-1-8(13)6-3-9-10(4-7(6)12)15-5-14-9/h3-4H,1,5,12H2. The number of carbonyl (C=O) groups is 1. The first-order chi connectivity index (χ1) is 7.22. The van der Waals surface area contributed by atoms with Crippen LogP contribution in [0.15, 0.2) is 12.1 Å². The van der Waals surface area contributed by atoms with Gasteiger partial charge in [0.2, 0.25) is 6.79 Å². The van der Waals surface area contributed by atoms with E-state index >= 15 is 0 Å². The zero-order chi connectivity index (χ0) is 10.8. The van der Waals surface area contributed by atoms with Crippen LogP contribution in [0.4, 0.5) is 5.69 Å². The predicted molar refractivity (Wildman–Crippen MR) is 51.5 cm³/mol. The van der Waals surface area contributed by atoms with Crippen molar-refractivity contribution in [1.82, 2.24) is 0 Å². The van der Waals surface area contributed by atoms with Crippen LogP contribution < -0.4 is 15.2 Å². The molecule has 0 fully saturated rings. The lowest BCUT2D eigenvalue weighted by molar-refractivity contribution is 0.0998. The van der Waals surface area contributed by atoms with E-state index in [-0.39, 0.29) is 19.0 Å². The summed E-state index contributed by atoms with van der Waals surface area (Å²) in [5, 5.41) is 8.41. The fourth-order valence-corrected chi connectivity index (χ4v) is 1.37. The average molecular weight is 204 g/mol. The van der Waals surface area contributed by atoms with Gasteiger partial charge in [0, 0.05) is 17.3 Å². The predicted octanol–water partition coefficient (Wildman–Crippen LogP) is 1.09. The van der Waals surface area contributed by atoms with E-state index < -0.39 is 0 Å². The number of carbonyl (C=O) groups excluding carboxylic acids is 1. The zero-order valence-corrected chi connectivity index (χ0v) is 7.82. The van der Waals surface area contributed by atoms with Gasteiger partial charge in [0.25, 0.3) is 0 Å². The van der Waals surface area contributed by atoms with E-state index in [0.717, 1.165) is 0 Å². The van der Waals surface area contributed by atoms with Gasteiger partial charge >= 0.3 is 0 Å². The van der Waals surface area contributed by atoms with Crippen LogP contribution in [0.2, 0.25) is 0 Å². The Morgan fingerprint density at radius 3 is 2.80 bits per heavy atom. The van der Waals surface area contributed by atoms with Crippen molar-refractivity contribution < 1.29 is 14.3 Å². The van der Waals surface area contributed by atoms with Crippen molar-refractivity contribution in [3.05, 3.63) is 17.7 Å². The van der Waals surface area contributed by atoms with E-state index in [1.54, 1.807) is 6.07 Å². The van der Waals surface area contributed by atoms with Crippen LogP contribution in [-0.4, -0.2) is 12.6 Å². The van der Waals surface area contributed by atoms with Crippen molar-refractivity contribution in [3.8, 4) is 17.6 Å². The summed E-state index contributed by atoms with van der Waals surface area (Å²) in [6.07, 6.45) is -0.191. The lowest BCUT2D eigenvalue weighted by atomic mass is 10.1. The Bertz CT molecular complexity index is 462. The highest BCUT2D eigenvalue weighted by Gasteiger charge is 2.19. The summed E-state index contributed by atoms with van der Waals surface area (Å²) in [6, 6.07) is 4.83. The number of nitrogens with two attached hydrogens (primary N) is 1. The van der Waals surface area contributed by atoms with Crippen molar-refractivity contribution in [2.45, 2.75) is 6.42 Å². The van der Waals surface area contributed by atoms with Crippen molar-refractivity contribution in [3.63, 3.8) is 0 Å². The number of hydrogen-bond donors (Lipinski definition) is 1. The molecule has 1 aliphatic rings. The molecule has 0 amide bonds. The molecule has 1 aliphatic heterocycles. The van der Waals surface area contributed by atoms with E-state index in [9.17, 15) is 4.79 Å². The first-order valence-corrected chi connectivity index (χ1v) is 4.31. The summed E-state index contributed by atoms with van der Waals surface area (Å²) >= 11 is 0. The Morgan fingerprint density at radius 2 is 2.13 bits per heavy atom. The van der Waals surface area contributed by atoms with Crippen LogP contribution in [0.3, 0.4) is 0 Å². The lowest BCUT2D eigenvalue weighted by Gasteiger charge is -2.04. The summed E-state index contributed by atoms with van der Waals surface area (Å²) < 4.78 is 10.2. The van der Waals surface area contributed by atoms with Gasteiger partial charge in [-0.1, -0.05) is 0 Å². The highest BCUT2D eigenvalue weighted by molar-refractivity contribution is 6.02. The maximum absolute atomic E-state index is 11.5. The molecule has 2 N–H and O–H groups in total. The molecule has 0 aliphatic carbocycles. The number of fused-ring (bicyclic) bond motifs is 1. The maximum atomic E-state index is 11.5. The Kier molecular flexibility index (Phi) is 2.18. The third-order valence-electron chi connectivity index (χ3n) is 2.08. The maximum Gasteiger partial charge on any atom is 0.231 e. The molecular formula is C10H8N2O3. The number of rotatable bonds is 2. The SMILES string of the molecule is N#CCC(=O)c1cc2c(cc1N)OCO2. The van der Waals surface area contributed by atoms with Gasteiger partial charge in [-0.3, -0.25) is 4.79 Å². The third kappa shape index (κ3) is 1.57. The van der Waals surface area contributed by atoms with Gasteiger partial charge < -0.3 is 15.2 Å². The first kappa shape index (κ1) is 9.34. The summed E-state index contributed by atoms with van der Waals surface area (Å²) in [7, 11) is 0. The van der Waals surface area contributed by atoms with E-state index in [1.807, 2.05) is 0 Å². The second-order valence-corrected chi connectivity index (χ2v) is 3.05. The van der Waals surface area contributed by atoms with Crippen molar-refractivity contribution in [1.29, 1.82) is 5.26 Å². The van der Waals surface area contributed by atoms with Gasteiger partial charge in [0.1, 0.15) is 0 Å². The topological polar surface area (TPSA) is 85.3 Å². The molecule has 0 saturated heterocycles. The minimum absolute atomic E-state index is 0.130. The molecule has 0 spiro atoms. The van der Waals surface area contributed by atoms with Crippen LogP contribution in [0.25, 0.3) is 0 Å². The van der Waals surface area contributed by atoms with Gasteiger partial charge in [-0.25, -0.2) is 0 Å². The molecule has 0 unspecified atom stereocenters. The average Bonchev–Trinajstić information content (AvgIpc) is 2.63. The van der Waals surface area contributed by atoms with Gasteiger partial charge in [-0.2, -0.15) is 5.26 Å². The van der Waals surface area contributed by atoms with Crippen molar-refractivity contribution in [2.75, 3.05) is 12.5 Å². The molecule has 0 atom stereocenters. The molecule has 1 heterocycles. The number of benzene rings is 1. The number of ketones is 1. The molecule has 5 heteroatoms. The van der Waals surface area contributed by atoms with Crippen LogP contribution >= 0.6 is 0 Å². The molecule has 0 aromatic heterocycles. The van der Waals surface area contributed by atoms with Gasteiger partial charge in [-0.05, 0) is 6.07 Å². The summed E-state index contributed by atoms with van der Waals surface area (Å²) in [5.41, 5.74) is 6.27. The summed E-state index contributed by atoms with van der Waals surface area (Å²) in [4.78, 5) is 11.5. The third-order valence-corrected chi connectivity index (χ3v) is 2.08. The van der Waals surface area contributed by atoms with Crippen LogP contribution in [0.5, 0.6) is 11.5 Å². The van der Waals surface area contributed by atoms with E-state index in [2.05, 4.69) is 0 Å². The Labute approximate surface area is 86.0 Å². The normalized spacial score (nSPS) is 12.2. The number of ether oxygens (including phenoxy) is 2. The highest BCUT2D eigenvalue weighted by Crippen LogP contribution is 2.36. The number of nitrogen functional groups attached to an aromatic ring is 1. The summed E-state index contributed by atoms with van der Waals surface area (Å²) in [6.45, 7) is 0.130. The van der Waals surface area contributed by atoms with Crippen molar-refractivity contribution in [2.24, 2.45) is 0 Å². The lowest BCUT2D eigenvalue weighted by Crippen LogP contribution is -2.02. The Hall–Kier alpha value is -2.22. The van der Waals surface area contributed by atoms with Crippen LogP contribution in [-0.2, 0) is 0 Å². The highest BCUT2D eigenvalue weighted by atomic mass is 16.7. The number of hydrogen-bond acceptors (Lipinski definition) is 5. The first-order valence-electron chi connectivity index (χ1n) is 4.31. The quantitative estimate of drug-likeness (QED) is 0.575. The fraction of sp³-hybridized carbons (Fsp3) is 0.200. The molecule has 0 radical (unpaired) electrons. The number of anilines is 1. The minimum atomic E-state index is -0.312. The van der Waals surface area contributed by atoms with Gasteiger partial charge in [0.05, 0.1) is 12.5 Å². The number of Topliss-reactive ketones (excluding diaryl/α,β-unsaturated/α-hetero) is 1. The smallest absolute Gasteiger partial charge is 0.231 e. The molecule has 15 heavy (non-hydrogen) atoms. The molecular weight excluding hydrogens is 196 g/mol. The second kappa shape index (κ2) is 3.50. The van der Waals surface area contributed by atoms with Gasteiger partial charge in [-0.15, -0.1) is 0 Å². The Morgan fingerprint density at radius 1 is 1.47 bits per heavy atom. The zero-order valence-electron chi connectivity index (χ0n) is 7.82. The van der Waals surface area contributed by atoms with E-state index in [4.69, 9.17) is 20.5 Å². The van der Waals surface area contributed by atoms with E-state index in [1.165, 1.54) is 12.1 Å². The van der Waals surface area contributed by atoms with E-state index in [0.29, 0.717) is 22.7 Å². The van der Waals surface area contributed by atoms with Crippen molar-refractivity contribution >= 4 is 11.5 Å². The summed E-state index contributed by atoms with van der Waals surface area (Å²) in [5.74, 6) is 0.708. The molecule has 2 rings (SSSR count).